The van der Waals surface area contributed by atoms with Crippen molar-refractivity contribution < 1.29 is 42.3 Å². The number of phenols is 1. The largest absolute Gasteiger partial charge is 0.502 e. The van der Waals surface area contributed by atoms with E-state index < -0.39 is 14.8 Å². The molecule has 4 N–H and O–H groups in total. The van der Waals surface area contributed by atoms with Gasteiger partial charge in [0.05, 0.1) is 36.2 Å². The van der Waals surface area contributed by atoms with E-state index >= 15 is 0 Å². The van der Waals surface area contributed by atoms with Gasteiger partial charge in [0.25, 0.3) is 0 Å². The summed E-state index contributed by atoms with van der Waals surface area (Å²) in [6, 6.07) is 69.5. The van der Waals surface area contributed by atoms with Gasteiger partial charge in [0.15, 0.2) is 11.5 Å². The van der Waals surface area contributed by atoms with E-state index in [1.165, 1.54) is 140 Å². The molecule has 21 nitrogen and oxygen atoms in total. The number of sulfone groups is 1. The summed E-state index contributed by atoms with van der Waals surface area (Å²) in [7, 11) is 0.0127. The molecule has 9 aromatic carbocycles. The van der Waals surface area contributed by atoms with Gasteiger partial charge in [-0.25, -0.2) is 8.42 Å². The zero-order valence-electron chi connectivity index (χ0n) is 67.4. The number of H-pyrrole nitrogens is 3. The van der Waals surface area contributed by atoms with Crippen molar-refractivity contribution in [2.45, 2.75) is 107 Å². The first-order valence-corrected chi connectivity index (χ1v) is 45.8. The number of alkyl halides is 1. The summed E-state index contributed by atoms with van der Waals surface area (Å²) in [4.78, 5) is 47.7. The average molecular weight is 1690 g/mol. The fraction of sp³-hybridized carbons (Fsp3) is 0.348. The van der Waals surface area contributed by atoms with Gasteiger partial charge in [0, 0.05) is 104 Å². The summed E-state index contributed by atoms with van der Waals surface area (Å²) in [5.41, 5.74) is 3.90. The van der Waals surface area contributed by atoms with E-state index in [1.807, 2.05) is 54.7 Å². The van der Waals surface area contributed by atoms with Crippen LogP contribution >= 0.6 is 45.0 Å². The number of para-hydroxylation sites is 5. The van der Waals surface area contributed by atoms with Crippen LogP contribution in [0.3, 0.4) is 0 Å². The zero-order chi connectivity index (χ0) is 82.5. The maximum atomic E-state index is 12.9. The third kappa shape index (κ3) is 27.5. The van der Waals surface area contributed by atoms with Crippen LogP contribution in [0.25, 0.3) is 32.7 Å². The number of nitro groups is 2. The van der Waals surface area contributed by atoms with Crippen molar-refractivity contribution in [3.63, 3.8) is 0 Å². The van der Waals surface area contributed by atoms with Crippen LogP contribution in [0.15, 0.2) is 266 Å². The minimum atomic E-state index is -3.57. The average Bonchev–Trinajstić information content (AvgIpc) is 1.61. The predicted molar refractivity (Wildman–Crippen MR) is 480 cm³/mol. The number of fused-ring (bicyclic) bond motifs is 3. The highest BCUT2D eigenvalue weighted by Gasteiger charge is 2.25. The van der Waals surface area contributed by atoms with Crippen LogP contribution in [-0.4, -0.2) is 193 Å². The smallest absolute Gasteiger partial charge is 0.313 e. The van der Waals surface area contributed by atoms with Gasteiger partial charge in [-0.05, 0) is 228 Å². The topological polar surface area (TPSA) is 241 Å². The summed E-state index contributed by atoms with van der Waals surface area (Å²) in [5.74, 6) is 3.49. The predicted octanol–water partition coefficient (Wildman–Crippen LogP) is 20.7. The molecule has 26 heteroatoms. The lowest BCUT2D eigenvalue weighted by Gasteiger charge is -2.15. The van der Waals surface area contributed by atoms with E-state index in [2.05, 4.69) is 149 Å². The van der Waals surface area contributed by atoms with Gasteiger partial charge in [0.2, 0.25) is 9.84 Å². The Morgan fingerprint density at radius 3 is 1.23 bits per heavy atom. The van der Waals surface area contributed by atoms with Gasteiger partial charge in [-0.3, -0.25) is 39.8 Å². The molecular weight excluding hydrogens is 1580 g/mol. The summed E-state index contributed by atoms with van der Waals surface area (Å²) >= 11 is 7.32. The van der Waals surface area contributed by atoms with Crippen molar-refractivity contribution in [1.82, 2.24) is 39.5 Å². The molecule has 8 heterocycles. The first-order chi connectivity index (χ1) is 57.7. The number of nitro benzene ring substituents is 2. The van der Waals surface area contributed by atoms with E-state index in [0.29, 0.717) is 46.1 Å². The van der Waals surface area contributed by atoms with E-state index in [9.17, 15) is 28.6 Å². The van der Waals surface area contributed by atoms with Crippen molar-refractivity contribution in [2.24, 2.45) is 0 Å². The maximum absolute atomic E-state index is 12.9. The molecule has 0 radical (unpaired) electrons. The molecule has 0 saturated carbocycles. The summed E-state index contributed by atoms with van der Waals surface area (Å²) in [6.07, 6.45) is 18.7. The summed E-state index contributed by atoms with van der Waals surface area (Å²) in [5, 5.41) is 33.4. The molecule has 3 aromatic heterocycles. The monoisotopic (exact) mass is 1690 g/mol. The molecule has 17 rings (SSSR count). The molecule has 0 spiro atoms. The first-order valence-electron chi connectivity index (χ1n) is 40.8. The highest BCUT2D eigenvalue weighted by atomic mass is 35.5. The van der Waals surface area contributed by atoms with Crippen LogP contribution in [0.4, 0.5) is 11.4 Å². The Bertz CT molecular complexity index is 5040. The molecule has 0 unspecified atom stereocenters. The van der Waals surface area contributed by atoms with Crippen molar-refractivity contribution in [3.05, 3.63) is 268 Å². The Balaban J connectivity index is 0.000000139. The molecule has 0 atom stereocenters. The Morgan fingerprint density at radius 1 is 0.407 bits per heavy atom. The molecule has 5 aliphatic heterocycles. The number of aromatic hydroxyl groups is 1. The lowest BCUT2D eigenvalue weighted by Crippen LogP contribution is -2.25. The highest BCUT2D eigenvalue weighted by Crippen LogP contribution is 2.39. The molecule has 12 aromatic rings. The molecule has 0 aliphatic carbocycles. The second-order valence-electron chi connectivity index (χ2n) is 29.1. The lowest BCUT2D eigenvalue weighted by molar-refractivity contribution is -0.386. The third-order valence-electron chi connectivity index (χ3n) is 20.7. The van der Waals surface area contributed by atoms with E-state index in [4.69, 9.17) is 35.7 Å². The second-order valence-corrected chi connectivity index (χ2v) is 34.8. The van der Waals surface area contributed by atoms with Gasteiger partial charge in [-0.2, -0.15) is 0 Å². The fourth-order valence-electron chi connectivity index (χ4n) is 14.5. The zero-order valence-corrected chi connectivity index (χ0v) is 71.4. The number of likely N-dealkylation sites (tertiary alicyclic amines) is 5. The quantitative estimate of drug-likeness (QED) is 0.0162. The number of phenolic OH excluding ortho intramolecular Hbond substituents is 1. The van der Waals surface area contributed by atoms with Crippen molar-refractivity contribution in [2.75, 3.05) is 130 Å². The molecule has 5 aliphatic rings. The van der Waals surface area contributed by atoms with Crippen molar-refractivity contribution in [1.29, 1.82) is 0 Å². The van der Waals surface area contributed by atoms with E-state index in [0.717, 1.165) is 106 Å². The summed E-state index contributed by atoms with van der Waals surface area (Å²) < 4.78 is 49.3. The number of rotatable bonds is 27. The van der Waals surface area contributed by atoms with Crippen LogP contribution in [0.1, 0.15) is 75.3 Å². The van der Waals surface area contributed by atoms with Gasteiger partial charge in [0.1, 0.15) is 43.7 Å². The number of hydrogen-bond donors (Lipinski definition) is 4. The van der Waals surface area contributed by atoms with Gasteiger partial charge >= 0.3 is 11.4 Å². The molecule has 624 valence electrons. The third-order valence-corrected chi connectivity index (χ3v) is 26.2. The van der Waals surface area contributed by atoms with Gasteiger partial charge < -0.3 is 43.9 Å². The van der Waals surface area contributed by atoms with Crippen molar-refractivity contribution >= 4 is 98.9 Å². The minimum Gasteiger partial charge on any atom is -0.502 e. The SMILES string of the molecule is Cc1cccc(O)c1[N+](=O)[O-].Cc1cccc(OCCN2CCCC2)c1[N+](=O)[O-].ClCCN1CCCC1.O=S(=O)(c1ccccc1)c1c[nH]c2c(OCCN3CCCC3)cccc12.c1cc(OCCN2CCCC2)c2[nH]ccc2c1.c1ccc(SSc2ccccc2)cc1.c1ccc(Sc2c[nH]c3c(OCCN4CCCC4)cccc23)cc1. The number of halogens is 1. The molecular formula is C92H109ClN10O11S4. The second kappa shape index (κ2) is 47.9. The van der Waals surface area contributed by atoms with Crippen LogP contribution in [0.2, 0.25) is 0 Å². The lowest BCUT2D eigenvalue weighted by atomic mass is 10.2. The fourth-order valence-corrected chi connectivity index (χ4v) is 19.1. The molecule has 118 heavy (non-hydrogen) atoms. The Kier molecular flexibility index (Phi) is 36.3. The molecule has 5 saturated heterocycles. The normalized spacial score (nSPS) is 14.9. The first kappa shape index (κ1) is 89.3. The minimum absolute atomic E-state index is 0.0823. The maximum Gasteiger partial charge on any atom is 0.313 e. The molecule has 5 fully saturated rings. The Hall–Kier alpha value is -9.51. The van der Waals surface area contributed by atoms with E-state index in [-0.39, 0.29) is 26.9 Å². The van der Waals surface area contributed by atoms with Gasteiger partial charge in [-0.15, -0.1) is 11.6 Å². The number of ether oxygens (including phenoxy) is 4. The number of aromatic nitrogens is 3. The van der Waals surface area contributed by atoms with E-state index in [1.54, 1.807) is 114 Å². The highest BCUT2D eigenvalue weighted by molar-refractivity contribution is 8.76. The molecule has 0 amide bonds. The van der Waals surface area contributed by atoms with Gasteiger partial charge in [-0.1, -0.05) is 167 Å². The van der Waals surface area contributed by atoms with Crippen LogP contribution in [0.5, 0.6) is 28.7 Å². The number of aromatic amines is 3. The van der Waals surface area contributed by atoms with Crippen LogP contribution in [0, 0.1) is 34.1 Å². The Morgan fingerprint density at radius 2 is 0.780 bits per heavy atom. The number of aryl methyl sites for hydroxylation is 2. The number of benzene rings is 9. The number of hydrogen-bond acceptors (Lipinski definition) is 19. The number of nitrogens with zero attached hydrogens (tertiary/aromatic N) is 7. The Labute approximate surface area is 710 Å². The molecule has 0 bridgehead atoms. The standard InChI is InChI=1S/C20H22N2O3S.C20H22N2OS.C14H18N2O.C13H18N2O3.C12H10S2.C7H7NO3.C6H12ClN/c23-26(24,16-7-2-1-3-8-16)19-15-21-20-17(19)9-6-10-18(20)25-14-13-22-11-4-5-12-22;1-2-7-16(8-3-1)24-19-15-21-20-17(19)9-6-10-18(20)23-14-13-22-11-4-5-12-22;1-2-9-16(8-1)10-11-17-13-5-3-4-12-6-7-15-14(12)13;1-11-5-4-6-12(13(11)15(16)17)18-10-9-14-7-2-3-8-14;1-3-7-11(8-4-1)13-14-12-9-5-2-6-10-12;1-5-3-2-4-6(9)7(5)8(10)11;7-3-6-8-4-1-2-5-8/h1-3,6-10,15,21H,4-5,11-14H2;1-3,6-10,15,21H,4-5,11-14H2;3-7,15H,1-2,8-11H2;4-6H,2-3,7-10H2,1H3;1-10H;2-4,9H,1H3;1-6H2. The van der Waals surface area contributed by atoms with Crippen LogP contribution < -0.4 is 18.9 Å². The van der Waals surface area contributed by atoms with Crippen molar-refractivity contribution in [3.8, 4) is 28.7 Å². The summed E-state index contributed by atoms with van der Waals surface area (Å²) in [6.45, 7) is 22.7. The number of nitrogens with one attached hydrogen (secondary N) is 3. The van der Waals surface area contributed by atoms with Crippen LogP contribution in [-0.2, 0) is 9.84 Å².